The summed E-state index contributed by atoms with van der Waals surface area (Å²) in [5.41, 5.74) is 6.88. The van der Waals surface area contributed by atoms with Crippen LogP contribution in [0.25, 0.3) is 0 Å². The third-order valence-corrected chi connectivity index (χ3v) is 2.07. The fourth-order valence-corrected chi connectivity index (χ4v) is 1.20. The van der Waals surface area contributed by atoms with Gasteiger partial charge in [0.1, 0.15) is 0 Å². The molecule has 0 saturated carbocycles. The summed E-state index contributed by atoms with van der Waals surface area (Å²) in [5.74, 6) is 0. The van der Waals surface area contributed by atoms with Gasteiger partial charge in [-0.05, 0) is 41.8 Å². The van der Waals surface area contributed by atoms with E-state index in [1.807, 2.05) is 0 Å². The summed E-state index contributed by atoms with van der Waals surface area (Å²) >= 11 is -2.15. The first kappa shape index (κ1) is 8.23. The summed E-state index contributed by atoms with van der Waals surface area (Å²) in [5, 5.41) is 0. The molecule has 3 nitrogen and oxygen atoms in total. The number of hydrogen-bond donors (Lipinski definition) is 1. The molecule has 0 spiro atoms. The van der Waals surface area contributed by atoms with Crippen molar-refractivity contribution >= 4 is 16.8 Å². The van der Waals surface area contributed by atoms with Gasteiger partial charge in [-0.25, -0.2) is 0 Å². The van der Waals surface area contributed by atoms with Crippen molar-refractivity contribution in [2.24, 2.45) is 0 Å². The molecule has 0 amide bonds. The highest BCUT2D eigenvalue weighted by Crippen LogP contribution is 2.14. The van der Waals surface area contributed by atoms with Gasteiger partial charge in [-0.15, -0.1) is 0 Å². The Kier molecular flexibility index (Phi) is 2.26. The molecule has 1 atom stereocenters. The lowest BCUT2D eigenvalue weighted by atomic mass is 10.2. The van der Waals surface area contributed by atoms with Gasteiger partial charge in [-0.1, -0.05) is 0 Å². The van der Waals surface area contributed by atoms with Crippen LogP contribution in [-0.4, -0.2) is 8.76 Å². The number of nitrogen functional groups attached to an aromatic ring is 1. The Hall–Kier alpha value is -0.870. The largest absolute Gasteiger partial charge is 0.768 e. The molecule has 1 unspecified atom stereocenters. The van der Waals surface area contributed by atoms with Crippen molar-refractivity contribution < 1.29 is 8.76 Å². The smallest absolute Gasteiger partial charge is 0.0344 e. The third kappa shape index (κ3) is 1.78. The van der Waals surface area contributed by atoms with Crippen LogP contribution in [0.3, 0.4) is 0 Å². The van der Waals surface area contributed by atoms with Crippen molar-refractivity contribution in [3.8, 4) is 0 Å². The topological polar surface area (TPSA) is 66.1 Å². The van der Waals surface area contributed by atoms with Gasteiger partial charge < -0.3 is 10.3 Å². The van der Waals surface area contributed by atoms with E-state index in [2.05, 4.69) is 0 Å². The number of anilines is 1. The normalized spacial score (nSPS) is 12.9. The van der Waals surface area contributed by atoms with Crippen LogP contribution >= 0.6 is 0 Å². The number of hydrogen-bond acceptors (Lipinski definition) is 3. The zero-order valence-electron chi connectivity index (χ0n) is 6.03. The maximum Gasteiger partial charge on any atom is 0.0344 e. The van der Waals surface area contributed by atoms with Crippen LogP contribution in [0.5, 0.6) is 0 Å². The summed E-state index contributed by atoms with van der Waals surface area (Å²) in [7, 11) is 0. The standard InChI is InChI=1S/C7H9NO2S/c1-5-4-6(11(9)10)2-3-7(5)8/h2-4H,8H2,1H3,(H,9,10)/p-1. The number of aryl methyl sites for hydroxylation is 1. The van der Waals surface area contributed by atoms with Crippen LogP contribution in [0, 0.1) is 6.92 Å². The highest BCUT2D eigenvalue weighted by Gasteiger charge is 1.95. The maximum atomic E-state index is 10.4. The second-order valence-electron chi connectivity index (χ2n) is 2.25. The minimum Gasteiger partial charge on any atom is -0.768 e. The van der Waals surface area contributed by atoms with Gasteiger partial charge in [0.05, 0.1) is 0 Å². The molecule has 11 heavy (non-hydrogen) atoms. The van der Waals surface area contributed by atoms with Crippen molar-refractivity contribution in [1.29, 1.82) is 0 Å². The minimum absolute atomic E-state index is 0.275. The highest BCUT2D eigenvalue weighted by atomic mass is 32.2. The average Bonchev–Trinajstić information content (AvgIpc) is 1.94. The van der Waals surface area contributed by atoms with Crippen LogP contribution in [0.1, 0.15) is 5.56 Å². The number of benzene rings is 1. The molecule has 1 aromatic carbocycles. The molecule has 0 aliphatic carbocycles. The van der Waals surface area contributed by atoms with E-state index in [-0.39, 0.29) is 4.90 Å². The summed E-state index contributed by atoms with van der Waals surface area (Å²) in [6.45, 7) is 1.77. The minimum atomic E-state index is -2.15. The molecule has 4 heteroatoms. The zero-order chi connectivity index (χ0) is 8.43. The lowest BCUT2D eigenvalue weighted by Crippen LogP contribution is -1.93. The molecule has 0 aromatic heterocycles. The van der Waals surface area contributed by atoms with E-state index in [1.165, 1.54) is 6.07 Å². The van der Waals surface area contributed by atoms with Crippen LogP contribution in [0.15, 0.2) is 23.1 Å². The predicted molar refractivity (Wildman–Crippen MR) is 42.8 cm³/mol. The molecule has 0 bridgehead atoms. The Morgan fingerprint density at radius 3 is 2.64 bits per heavy atom. The lowest BCUT2D eigenvalue weighted by molar-refractivity contribution is 0.537. The maximum absolute atomic E-state index is 10.4. The van der Waals surface area contributed by atoms with Gasteiger partial charge in [-0.2, -0.15) is 0 Å². The van der Waals surface area contributed by atoms with Crippen molar-refractivity contribution in [2.75, 3.05) is 5.73 Å². The Bertz CT molecular complexity index is 298. The molecule has 1 aromatic rings. The summed E-state index contributed by atoms with van der Waals surface area (Å²) < 4.78 is 20.8. The van der Waals surface area contributed by atoms with Gasteiger partial charge in [0.25, 0.3) is 0 Å². The molecule has 0 radical (unpaired) electrons. The van der Waals surface area contributed by atoms with E-state index in [0.717, 1.165) is 5.56 Å². The first-order valence-electron chi connectivity index (χ1n) is 3.06. The van der Waals surface area contributed by atoms with Gasteiger partial charge in [0, 0.05) is 10.6 Å². The Labute approximate surface area is 67.5 Å². The van der Waals surface area contributed by atoms with E-state index in [1.54, 1.807) is 19.1 Å². The Balaban J connectivity index is 3.15. The molecule has 1 rings (SSSR count). The molecule has 0 saturated heterocycles. The quantitative estimate of drug-likeness (QED) is 0.501. The zero-order valence-corrected chi connectivity index (χ0v) is 6.85. The molecule has 2 N–H and O–H groups in total. The number of rotatable bonds is 1. The summed E-state index contributed by atoms with van der Waals surface area (Å²) in [6, 6.07) is 4.60. The fourth-order valence-electron chi connectivity index (χ4n) is 0.752. The first-order chi connectivity index (χ1) is 5.11. The highest BCUT2D eigenvalue weighted by molar-refractivity contribution is 7.79. The van der Waals surface area contributed by atoms with E-state index in [9.17, 15) is 8.76 Å². The summed E-state index contributed by atoms with van der Waals surface area (Å²) in [6.07, 6.45) is 0. The average molecular weight is 170 g/mol. The first-order valence-corrected chi connectivity index (χ1v) is 4.14. The lowest BCUT2D eigenvalue weighted by Gasteiger charge is -2.06. The predicted octanol–water partition coefficient (Wildman–Crippen LogP) is 0.815. The van der Waals surface area contributed by atoms with E-state index in [0.29, 0.717) is 5.69 Å². The van der Waals surface area contributed by atoms with Crippen molar-refractivity contribution in [1.82, 2.24) is 0 Å². The fraction of sp³-hybridized carbons (Fsp3) is 0.143. The van der Waals surface area contributed by atoms with Crippen molar-refractivity contribution in [2.45, 2.75) is 11.8 Å². The molecule has 0 aliphatic rings. The Morgan fingerprint density at radius 1 is 1.55 bits per heavy atom. The summed E-state index contributed by atoms with van der Waals surface area (Å²) in [4.78, 5) is 0.275. The molecular formula is C7H8NO2S-. The second kappa shape index (κ2) is 3.02. The molecule has 0 fully saturated rings. The third-order valence-electron chi connectivity index (χ3n) is 1.43. The molecule has 60 valence electrons. The molecular weight excluding hydrogens is 162 g/mol. The molecule has 0 heterocycles. The van der Waals surface area contributed by atoms with Gasteiger partial charge >= 0.3 is 0 Å². The van der Waals surface area contributed by atoms with Crippen LogP contribution < -0.4 is 5.73 Å². The van der Waals surface area contributed by atoms with Crippen LogP contribution in [0.4, 0.5) is 5.69 Å². The van der Waals surface area contributed by atoms with Gasteiger partial charge in [0.2, 0.25) is 0 Å². The van der Waals surface area contributed by atoms with E-state index >= 15 is 0 Å². The van der Waals surface area contributed by atoms with Gasteiger partial charge in [-0.3, -0.25) is 4.21 Å². The number of nitrogens with two attached hydrogens (primary N) is 1. The van der Waals surface area contributed by atoms with Crippen LogP contribution in [0.2, 0.25) is 0 Å². The second-order valence-corrected chi connectivity index (χ2v) is 3.19. The monoisotopic (exact) mass is 170 g/mol. The van der Waals surface area contributed by atoms with Crippen molar-refractivity contribution in [3.05, 3.63) is 23.8 Å². The van der Waals surface area contributed by atoms with E-state index in [4.69, 9.17) is 5.73 Å². The van der Waals surface area contributed by atoms with Crippen molar-refractivity contribution in [3.63, 3.8) is 0 Å². The molecule has 0 aliphatic heterocycles. The van der Waals surface area contributed by atoms with E-state index < -0.39 is 11.1 Å². The van der Waals surface area contributed by atoms with Gasteiger partial charge in [0.15, 0.2) is 0 Å². The SMILES string of the molecule is Cc1cc(S(=O)[O-])ccc1N. The van der Waals surface area contributed by atoms with Crippen LogP contribution in [-0.2, 0) is 11.1 Å². The Morgan fingerprint density at radius 2 is 2.18 bits per heavy atom.